The van der Waals surface area contributed by atoms with Gasteiger partial charge in [0.15, 0.2) is 0 Å². The number of carbonyl (C=O) groups is 2. The van der Waals surface area contributed by atoms with Gasteiger partial charge in [0.25, 0.3) is 5.91 Å². The number of nitrogens with zero attached hydrogens (tertiary/aromatic N) is 3. The molecule has 0 spiro atoms. The Balaban J connectivity index is 1.58. The first-order valence-electron chi connectivity index (χ1n) is 8.40. The van der Waals surface area contributed by atoms with Crippen LogP contribution in [0, 0.1) is 6.92 Å². The molecule has 1 N–H and O–H groups in total. The van der Waals surface area contributed by atoms with Crippen LogP contribution in [0.25, 0.3) is 6.08 Å². The lowest BCUT2D eigenvalue weighted by Gasteiger charge is -2.13. The fourth-order valence-electron chi connectivity index (χ4n) is 2.35. The molecule has 9 heteroatoms. The molecule has 0 aliphatic carbocycles. The standard InChI is InChI=1S/C18H18N4O2S3/c1-3-15-20-21-17(27-15)19-14(23)8-9-22-16(24)13(26-18(22)25)10-12-6-4-11(2)5-7-12/h4-7,10H,3,8-9H2,1-2H3,(H,19,21,23)/b13-10+. The Labute approximate surface area is 171 Å². The van der Waals surface area contributed by atoms with Crippen molar-refractivity contribution in [3.8, 4) is 0 Å². The minimum Gasteiger partial charge on any atom is -0.300 e. The van der Waals surface area contributed by atoms with Gasteiger partial charge in [0.2, 0.25) is 11.0 Å². The van der Waals surface area contributed by atoms with E-state index in [0.29, 0.717) is 14.4 Å². The monoisotopic (exact) mass is 418 g/mol. The lowest BCUT2D eigenvalue weighted by molar-refractivity contribution is -0.122. The lowest BCUT2D eigenvalue weighted by atomic mass is 10.1. The van der Waals surface area contributed by atoms with Gasteiger partial charge >= 0.3 is 0 Å². The van der Waals surface area contributed by atoms with Crippen LogP contribution in [0.15, 0.2) is 29.2 Å². The van der Waals surface area contributed by atoms with Crippen LogP contribution < -0.4 is 5.32 Å². The molecular weight excluding hydrogens is 400 g/mol. The molecule has 1 saturated heterocycles. The maximum absolute atomic E-state index is 12.6. The summed E-state index contributed by atoms with van der Waals surface area (Å²) < 4.78 is 0.468. The minimum absolute atomic E-state index is 0.144. The van der Waals surface area contributed by atoms with Crippen molar-refractivity contribution in [1.82, 2.24) is 15.1 Å². The maximum atomic E-state index is 12.6. The van der Waals surface area contributed by atoms with Crippen LogP contribution >= 0.6 is 35.3 Å². The van der Waals surface area contributed by atoms with Gasteiger partial charge in [0.05, 0.1) is 4.91 Å². The Hall–Kier alpha value is -2.10. The second kappa shape index (κ2) is 8.73. The molecule has 1 aliphatic rings. The van der Waals surface area contributed by atoms with Crippen LogP contribution in [0.1, 0.15) is 29.5 Å². The van der Waals surface area contributed by atoms with Crippen molar-refractivity contribution in [2.24, 2.45) is 0 Å². The Morgan fingerprint density at radius 3 is 2.70 bits per heavy atom. The number of thioether (sulfide) groups is 1. The largest absolute Gasteiger partial charge is 0.300 e. The Morgan fingerprint density at radius 1 is 1.30 bits per heavy atom. The molecule has 2 heterocycles. The van der Waals surface area contributed by atoms with Crippen molar-refractivity contribution in [3.63, 3.8) is 0 Å². The number of nitrogens with one attached hydrogen (secondary N) is 1. The summed E-state index contributed by atoms with van der Waals surface area (Å²) >= 11 is 7.92. The molecule has 140 valence electrons. The van der Waals surface area contributed by atoms with E-state index in [1.54, 1.807) is 0 Å². The Kier molecular flexibility index (Phi) is 6.35. The van der Waals surface area contributed by atoms with E-state index in [9.17, 15) is 9.59 Å². The second-order valence-corrected chi connectivity index (χ2v) is 8.63. The van der Waals surface area contributed by atoms with Crippen LogP contribution in [0.3, 0.4) is 0 Å². The average Bonchev–Trinajstić information content (AvgIpc) is 3.20. The summed E-state index contributed by atoms with van der Waals surface area (Å²) in [5.41, 5.74) is 2.11. The van der Waals surface area contributed by atoms with Crippen LogP contribution in [0.4, 0.5) is 5.13 Å². The summed E-state index contributed by atoms with van der Waals surface area (Å²) in [7, 11) is 0. The molecule has 0 unspecified atom stereocenters. The third kappa shape index (κ3) is 5.00. The zero-order chi connectivity index (χ0) is 19.4. The van der Waals surface area contributed by atoms with E-state index in [-0.39, 0.29) is 24.8 Å². The SMILES string of the molecule is CCc1nnc(NC(=O)CCN2C(=O)/C(=C\c3ccc(C)cc3)SC2=S)s1. The molecule has 27 heavy (non-hydrogen) atoms. The fraction of sp³-hybridized carbons (Fsp3) is 0.278. The number of rotatable bonds is 6. The van der Waals surface area contributed by atoms with E-state index in [1.807, 2.05) is 44.2 Å². The van der Waals surface area contributed by atoms with E-state index in [2.05, 4.69) is 15.5 Å². The van der Waals surface area contributed by atoms with E-state index in [1.165, 1.54) is 28.0 Å². The minimum atomic E-state index is -0.217. The van der Waals surface area contributed by atoms with Crippen LogP contribution in [-0.4, -0.2) is 37.8 Å². The topological polar surface area (TPSA) is 75.2 Å². The molecule has 2 amide bonds. The zero-order valence-electron chi connectivity index (χ0n) is 14.9. The van der Waals surface area contributed by atoms with Crippen molar-refractivity contribution in [2.45, 2.75) is 26.7 Å². The normalized spacial score (nSPS) is 15.6. The number of anilines is 1. The summed E-state index contributed by atoms with van der Waals surface area (Å²) in [5.74, 6) is -0.382. The van der Waals surface area contributed by atoms with Gasteiger partial charge < -0.3 is 5.32 Å². The second-order valence-electron chi connectivity index (χ2n) is 5.90. The van der Waals surface area contributed by atoms with E-state index in [0.717, 1.165) is 22.6 Å². The van der Waals surface area contributed by atoms with Crippen molar-refractivity contribution in [3.05, 3.63) is 45.3 Å². The fourth-order valence-corrected chi connectivity index (χ4v) is 4.35. The van der Waals surface area contributed by atoms with Gasteiger partial charge in [-0.05, 0) is 25.0 Å². The molecule has 2 aromatic rings. The van der Waals surface area contributed by atoms with Crippen LogP contribution in [-0.2, 0) is 16.0 Å². The van der Waals surface area contributed by atoms with Crippen molar-refractivity contribution < 1.29 is 9.59 Å². The van der Waals surface area contributed by atoms with Gasteiger partial charge in [-0.1, -0.05) is 72.1 Å². The van der Waals surface area contributed by atoms with Gasteiger partial charge in [-0.2, -0.15) is 0 Å². The molecule has 3 rings (SSSR count). The molecule has 1 fully saturated rings. The summed E-state index contributed by atoms with van der Waals surface area (Å²) in [4.78, 5) is 26.7. The van der Waals surface area contributed by atoms with Gasteiger partial charge in [-0.15, -0.1) is 10.2 Å². The van der Waals surface area contributed by atoms with E-state index >= 15 is 0 Å². The average molecular weight is 419 g/mol. The summed E-state index contributed by atoms with van der Waals surface area (Å²) in [6.07, 6.45) is 2.75. The first-order valence-corrected chi connectivity index (χ1v) is 10.4. The van der Waals surface area contributed by atoms with Crippen LogP contribution in [0.2, 0.25) is 0 Å². The smallest absolute Gasteiger partial charge is 0.266 e. The van der Waals surface area contributed by atoms with Gasteiger partial charge in [0, 0.05) is 13.0 Å². The Bertz CT molecular complexity index is 906. The maximum Gasteiger partial charge on any atom is 0.266 e. The molecule has 6 nitrogen and oxygen atoms in total. The number of hydrogen-bond donors (Lipinski definition) is 1. The van der Waals surface area contributed by atoms with Crippen molar-refractivity contribution >= 4 is 62.7 Å². The summed E-state index contributed by atoms with van der Waals surface area (Å²) in [6.45, 7) is 4.23. The number of aromatic nitrogens is 2. The van der Waals surface area contributed by atoms with Gasteiger partial charge in [-0.25, -0.2) is 0 Å². The highest BCUT2D eigenvalue weighted by molar-refractivity contribution is 8.26. The summed E-state index contributed by atoms with van der Waals surface area (Å²) in [5, 5.41) is 11.9. The predicted octanol–water partition coefficient (Wildman–Crippen LogP) is 3.64. The molecule has 1 aliphatic heterocycles. The highest BCUT2D eigenvalue weighted by Gasteiger charge is 2.32. The van der Waals surface area contributed by atoms with Crippen LogP contribution in [0.5, 0.6) is 0 Å². The first kappa shape index (κ1) is 19.7. The summed E-state index contributed by atoms with van der Waals surface area (Å²) in [6, 6.07) is 7.91. The number of benzene rings is 1. The number of amides is 2. The van der Waals surface area contributed by atoms with Gasteiger partial charge in [0.1, 0.15) is 9.33 Å². The van der Waals surface area contributed by atoms with Crippen molar-refractivity contribution in [2.75, 3.05) is 11.9 Å². The number of hydrogen-bond acceptors (Lipinski definition) is 7. The highest BCUT2D eigenvalue weighted by atomic mass is 32.2. The highest BCUT2D eigenvalue weighted by Crippen LogP contribution is 2.32. The zero-order valence-corrected chi connectivity index (χ0v) is 17.3. The lowest BCUT2D eigenvalue weighted by Crippen LogP contribution is -2.31. The first-order chi connectivity index (χ1) is 13.0. The third-order valence-corrected chi connectivity index (χ3v) is 6.19. The molecule has 0 atom stereocenters. The van der Waals surface area contributed by atoms with Gasteiger partial charge in [-0.3, -0.25) is 14.5 Å². The van der Waals surface area contributed by atoms with Crippen molar-refractivity contribution in [1.29, 1.82) is 0 Å². The molecule has 0 bridgehead atoms. The van der Waals surface area contributed by atoms with E-state index < -0.39 is 0 Å². The molecule has 1 aromatic heterocycles. The Morgan fingerprint density at radius 2 is 2.04 bits per heavy atom. The van der Waals surface area contributed by atoms with E-state index in [4.69, 9.17) is 12.2 Å². The molecule has 1 aromatic carbocycles. The predicted molar refractivity (Wildman–Crippen MR) is 114 cm³/mol. The molecular formula is C18H18N4O2S3. The molecule has 0 saturated carbocycles. The number of carbonyl (C=O) groups excluding carboxylic acids is 2. The number of aryl methyl sites for hydroxylation is 2. The quantitative estimate of drug-likeness (QED) is 0.570. The molecule has 0 radical (unpaired) electrons. The number of thiocarbonyl (C=S) groups is 1. The third-order valence-electron chi connectivity index (χ3n) is 3.83.